The Kier molecular flexibility index (Phi) is 3.58. The van der Waals surface area contributed by atoms with Crippen molar-refractivity contribution in [3.63, 3.8) is 0 Å². The number of ketones is 1. The molecule has 0 spiro atoms. The summed E-state index contributed by atoms with van der Waals surface area (Å²) in [5, 5.41) is 7.77. The summed E-state index contributed by atoms with van der Waals surface area (Å²) in [5.41, 5.74) is 1.71. The minimum absolute atomic E-state index is 0.164. The number of halogens is 1. The topological polar surface area (TPSA) is 52.1 Å². The number of aromatic nitrogens is 2. The highest BCUT2D eigenvalue weighted by Gasteiger charge is 2.20. The molecular formula is C13H11ClN2O2. The number of rotatable bonds is 3. The zero-order valence-electron chi connectivity index (χ0n) is 9.98. The molecule has 1 aromatic carbocycles. The van der Waals surface area contributed by atoms with Gasteiger partial charge in [-0.25, -0.2) is 0 Å². The van der Waals surface area contributed by atoms with Crippen LogP contribution in [-0.2, 0) is 0 Å². The van der Waals surface area contributed by atoms with Crippen LogP contribution in [0.15, 0.2) is 30.3 Å². The maximum atomic E-state index is 11.8. The summed E-state index contributed by atoms with van der Waals surface area (Å²) in [6, 6.07) is 9.32. The summed E-state index contributed by atoms with van der Waals surface area (Å²) in [4.78, 5) is 11.8. The molecule has 0 aliphatic carbocycles. The van der Waals surface area contributed by atoms with Crippen LogP contribution in [-0.4, -0.2) is 23.1 Å². The highest BCUT2D eigenvalue weighted by molar-refractivity contribution is 6.33. The number of hydrogen-bond donors (Lipinski definition) is 0. The molecule has 1 heterocycles. The average Bonchev–Trinajstić information content (AvgIpc) is 2.39. The Morgan fingerprint density at radius 3 is 2.44 bits per heavy atom. The number of hydrogen-bond acceptors (Lipinski definition) is 4. The van der Waals surface area contributed by atoms with Gasteiger partial charge in [-0.3, -0.25) is 4.79 Å². The first-order valence-corrected chi connectivity index (χ1v) is 5.69. The first-order chi connectivity index (χ1) is 8.65. The van der Waals surface area contributed by atoms with Gasteiger partial charge in [0.15, 0.2) is 10.9 Å². The van der Waals surface area contributed by atoms with E-state index >= 15 is 0 Å². The second kappa shape index (κ2) is 5.14. The third-order valence-corrected chi connectivity index (χ3v) is 2.77. The number of ether oxygens (including phenoxy) is 1. The van der Waals surface area contributed by atoms with E-state index < -0.39 is 0 Å². The zero-order chi connectivity index (χ0) is 13.1. The van der Waals surface area contributed by atoms with E-state index in [1.54, 1.807) is 0 Å². The smallest absolute Gasteiger partial charge is 0.244 e. The third kappa shape index (κ3) is 2.19. The summed E-state index contributed by atoms with van der Waals surface area (Å²) >= 11 is 6.06. The van der Waals surface area contributed by atoms with Crippen molar-refractivity contribution in [1.82, 2.24) is 10.2 Å². The molecule has 0 unspecified atom stereocenters. The van der Waals surface area contributed by atoms with Gasteiger partial charge in [0.05, 0.1) is 12.7 Å². The van der Waals surface area contributed by atoms with E-state index in [0.717, 1.165) is 5.56 Å². The van der Waals surface area contributed by atoms with Gasteiger partial charge in [0.25, 0.3) is 0 Å². The Bertz CT molecular complexity index is 585. The molecule has 0 amide bonds. The van der Waals surface area contributed by atoms with Gasteiger partial charge in [-0.1, -0.05) is 41.9 Å². The summed E-state index contributed by atoms with van der Waals surface area (Å²) < 4.78 is 5.07. The number of nitrogens with zero attached hydrogens (tertiary/aromatic N) is 2. The van der Waals surface area contributed by atoms with Gasteiger partial charge in [-0.05, 0) is 12.5 Å². The molecule has 0 fully saturated rings. The number of benzene rings is 1. The van der Waals surface area contributed by atoms with Crippen LogP contribution in [0.2, 0.25) is 5.15 Å². The number of Topliss-reactive ketones (excluding diaryl/α,β-unsaturated/α-hetero) is 1. The van der Waals surface area contributed by atoms with Crippen LogP contribution in [0.3, 0.4) is 0 Å². The zero-order valence-corrected chi connectivity index (χ0v) is 10.7. The lowest BCUT2D eigenvalue weighted by molar-refractivity contribution is 0.101. The minimum Gasteiger partial charge on any atom is -0.479 e. The fourth-order valence-electron chi connectivity index (χ4n) is 1.74. The lowest BCUT2D eigenvalue weighted by Crippen LogP contribution is -2.05. The van der Waals surface area contributed by atoms with Crippen LogP contribution in [0.25, 0.3) is 11.1 Å². The molecule has 0 radical (unpaired) electrons. The molecule has 5 heteroatoms. The Morgan fingerprint density at radius 1 is 1.22 bits per heavy atom. The SMILES string of the molecule is COc1nnc(Cl)c(-c2ccccc2)c1C(C)=O. The van der Waals surface area contributed by atoms with Crippen molar-refractivity contribution in [3.8, 4) is 17.0 Å². The third-order valence-electron chi connectivity index (χ3n) is 2.51. The molecule has 0 aliphatic heterocycles. The summed E-state index contributed by atoms with van der Waals surface area (Å²) in [6.45, 7) is 1.45. The maximum Gasteiger partial charge on any atom is 0.244 e. The Balaban J connectivity index is 2.76. The number of carbonyl (C=O) groups is 1. The summed E-state index contributed by atoms with van der Waals surface area (Å²) in [7, 11) is 1.44. The lowest BCUT2D eigenvalue weighted by atomic mass is 10.0. The van der Waals surface area contributed by atoms with Gasteiger partial charge in [-0.2, -0.15) is 0 Å². The molecule has 0 N–H and O–H groups in total. The standard InChI is InChI=1S/C13H11ClN2O2/c1-8(17)10-11(9-6-4-3-5-7-9)12(14)15-16-13(10)18-2/h3-7H,1-2H3. The lowest BCUT2D eigenvalue weighted by Gasteiger charge is -2.11. The van der Waals surface area contributed by atoms with Gasteiger partial charge in [-0.15, -0.1) is 10.2 Å². The monoisotopic (exact) mass is 262 g/mol. The van der Waals surface area contributed by atoms with Crippen molar-refractivity contribution in [2.75, 3.05) is 7.11 Å². The van der Waals surface area contributed by atoms with E-state index in [1.165, 1.54) is 14.0 Å². The van der Waals surface area contributed by atoms with E-state index in [-0.39, 0.29) is 16.8 Å². The van der Waals surface area contributed by atoms with Crippen LogP contribution in [0.1, 0.15) is 17.3 Å². The van der Waals surface area contributed by atoms with Crippen molar-refractivity contribution < 1.29 is 9.53 Å². The first-order valence-electron chi connectivity index (χ1n) is 5.31. The van der Waals surface area contributed by atoms with Crippen molar-refractivity contribution in [2.24, 2.45) is 0 Å². The second-order valence-electron chi connectivity index (χ2n) is 3.67. The largest absolute Gasteiger partial charge is 0.479 e. The molecule has 2 aromatic rings. The van der Waals surface area contributed by atoms with Crippen LogP contribution < -0.4 is 4.74 Å². The van der Waals surface area contributed by atoms with Gasteiger partial charge < -0.3 is 4.74 Å². The normalized spacial score (nSPS) is 10.2. The van der Waals surface area contributed by atoms with Gasteiger partial charge in [0, 0.05) is 5.56 Å². The Labute approximate surface area is 110 Å². The van der Waals surface area contributed by atoms with Crippen LogP contribution in [0.4, 0.5) is 0 Å². The quantitative estimate of drug-likeness (QED) is 0.798. The van der Waals surface area contributed by atoms with E-state index in [0.29, 0.717) is 11.1 Å². The second-order valence-corrected chi connectivity index (χ2v) is 4.03. The Hall–Kier alpha value is -1.94. The van der Waals surface area contributed by atoms with Crippen LogP contribution in [0.5, 0.6) is 5.88 Å². The van der Waals surface area contributed by atoms with Gasteiger partial charge >= 0.3 is 0 Å². The van der Waals surface area contributed by atoms with E-state index in [4.69, 9.17) is 16.3 Å². The predicted octanol–water partition coefficient (Wildman–Crippen LogP) is 3.01. The van der Waals surface area contributed by atoms with Crippen molar-refractivity contribution in [1.29, 1.82) is 0 Å². The molecule has 4 nitrogen and oxygen atoms in total. The number of carbonyl (C=O) groups excluding carboxylic acids is 1. The summed E-state index contributed by atoms with van der Waals surface area (Å²) in [6.07, 6.45) is 0. The highest BCUT2D eigenvalue weighted by atomic mass is 35.5. The molecule has 0 bridgehead atoms. The molecular weight excluding hydrogens is 252 g/mol. The maximum absolute atomic E-state index is 11.8. The van der Waals surface area contributed by atoms with E-state index in [1.807, 2.05) is 30.3 Å². The highest BCUT2D eigenvalue weighted by Crippen LogP contribution is 2.33. The fourth-order valence-corrected chi connectivity index (χ4v) is 1.98. The number of methoxy groups -OCH3 is 1. The molecule has 18 heavy (non-hydrogen) atoms. The Morgan fingerprint density at radius 2 is 1.89 bits per heavy atom. The molecule has 0 saturated carbocycles. The van der Waals surface area contributed by atoms with E-state index in [9.17, 15) is 4.79 Å². The molecule has 0 atom stereocenters. The van der Waals surface area contributed by atoms with Crippen LogP contribution >= 0.6 is 11.6 Å². The van der Waals surface area contributed by atoms with Crippen molar-refractivity contribution in [2.45, 2.75) is 6.92 Å². The molecule has 0 aliphatic rings. The molecule has 0 saturated heterocycles. The van der Waals surface area contributed by atoms with Crippen LogP contribution in [0, 0.1) is 0 Å². The van der Waals surface area contributed by atoms with E-state index in [2.05, 4.69) is 10.2 Å². The molecule has 1 aromatic heterocycles. The first kappa shape index (κ1) is 12.5. The van der Waals surface area contributed by atoms with Gasteiger partial charge in [0.1, 0.15) is 0 Å². The summed E-state index contributed by atoms with van der Waals surface area (Å²) in [5.74, 6) is 0.0215. The average molecular weight is 263 g/mol. The van der Waals surface area contributed by atoms with Crippen molar-refractivity contribution >= 4 is 17.4 Å². The predicted molar refractivity (Wildman–Crippen MR) is 69.0 cm³/mol. The molecule has 92 valence electrons. The van der Waals surface area contributed by atoms with Gasteiger partial charge in [0.2, 0.25) is 5.88 Å². The fraction of sp³-hybridized carbons (Fsp3) is 0.154. The minimum atomic E-state index is -0.164. The van der Waals surface area contributed by atoms with Crippen molar-refractivity contribution in [3.05, 3.63) is 41.0 Å². The molecule has 2 rings (SSSR count).